The van der Waals surface area contributed by atoms with E-state index >= 15 is 0 Å². The Bertz CT molecular complexity index is 1080. The van der Waals surface area contributed by atoms with Crippen LogP contribution in [0.15, 0.2) is 72.8 Å². The summed E-state index contributed by atoms with van der Waals surface area (Å²) in [5, 5.41) is 3.92. The third-order valence-electron chi connectivity index (χ3n) is 4.63. The number of carbonyl (C=O) groups excluding carboxylic acids is 1. The first-order chi connectivity index (χ1) is 13.3. The van der Waals surface area contributed by atoms with Gasteiger partial charge in [-0.05, 0) is 48.0 Å². The Morgan fingerprint density at radius 3 is 2.59 bits per heavy atom. The lowest BCUT2D eigenvalue weighted by atomic mass is 10.1. The molecule has 1 atom stereocenters. The molecule has 1 amide bonds. The molecule has 4 aromatic rings. The quantitative estimate of drug-likeness (QED) is 0.556. The third-order valence-corrected chi connectivity index (χ3v) is 5.72. The number of nitrogens with one attached hydrogen (secondary N) is 1. The van der Waals surface area contributed by atoms with Crippen LogP contribution < -0.4 is 10.1 Å². The van der Waals surface area contributed by atoms with Crippen LogP contribution in [0.25, 0.3) is 20.8 Å². The zero-order valence-electron chi connectivity index (χ0n) is 14.4. The Hall–Kier alpha value is -3.18. The van der Waals surface area contributed by atoms with Gasteiger partial charge in [-0.3, -0.25) is 4.79 Å². The zero-order valence-corrected chi connectivity index (χ0v) is 15.2. The summed E-state index contributed by atoms with van der Waals surface area (Å²) in [6.07, 6.45) is 0.123. The maximum Gasteiger partial charge on any atom is 0.265 e. The fourth-order valence-corrected chi connectivity index (χ4v) is 4.21. The molecule has 0 saturated carbocycles. The first-order valence-electron chi connectivity index (χ1n) is 8.78. The topological polar surface area (TPSA) is 51.2 Å². The number of benzene rings is 3. The largest absolute Gasteiger partial charge is 0.480 e. The van der Waals surface area contributed by atoms with Gasteiger partial charge in [0.2, 0.25) is 0 Å². The number of anilines is 1. The lowest BCUT2D eigenvalue weighted by Crippen LogP contribution is -2.31. The third kappa shape index (κ3) is 3.06. The number of carbonyl (C=O) groups is 1. The second-order valence-electron chi connectivity index (χ2n) is 6.47. The molecule has 3 aromatic carbocycles. The lowest BCUT2D eigenvalue weighted by molar-refractivity contribution is -0.122. The number of thiazole rings is 1. The van der Waals surface area contributed by atoms with Crippen LogP contribution in [0.4, 0.5) is 5.69 Å². The van der Waals surface area contributed by atoms with Gasteiger partial charge in [0.25, 0.3) is 5.91 Å². The Morgan fingerprint density at radius 2 is 1.78 bits per heavy atom. The first-order valence-corrected chi connectivity index (χ1v) is 9.59. The Kier molecular flexibility index (Phi) is 3.87. The molecule has 4 nitrogen and oxygen atoms in total. The summed E-state index contributed by atoms with van der Waals surface area (Å²) < 4.78 is 6.92. The zero-order chi connectivity index (χ0) is 18.2. The van der Waals surface area contributed by atoms with Crippen LogP contribution >= 0.6 is 11.3 Å². The SMILES string of the molecule is O=C(Nc1ccc(-c2nc3ccccc3s2)cc1)C1Cc2ccccc2O1. The van der Waals surface area contributed by atoms with Gasteiger partial charge in [-0.25, -0.2) is 4.98 Å². The molecular weight excluding hydrogens is 356 g/mol. The Morgan fingerprint density at radius 1 is 1.00 bits per heavy atom. The van der Waals surface area contributed by atoms with E-state index in [1.54, 1.807) is 11.3 Å². The van der Waals surface area contributed by atoms with E-state index in [-0.39, 0.29) is 5.91 Å². The second kappa shape index (κ2) is 6.52. The summed E-state index contributed by atoms with van der Waals surface area (Å²) in [5.74, 6) is 0.669. The van der Waals surface area contributed by atoms with Crippen molar-refractivity contribution in [3.63, 3.8) is 0 Å². The van der Waals surface area contributed by atoms with Crippen LogP contribution in [-0.4, -0.2) is 17.0 Å². The van der Waals surface area contributed by atoms with E-state index in [2.05, 4.69) is 16.4 Å². The smallest absolute Gasteiger partial charge is 0.265 e. The summed E-state index contributed by atoms with van der Waals surface area (Å²) in [7, 11) is 0. The van der Waals surface area contributed by atoms with E-state index in [0.717, 1.165) is 33.1 Å². The molecule has 2 heterocycles. The van der Waals surface area contributed by atoms with E-state index in [4.69, 9.17) is 4.74 Å². The van der Waals surface area contributed by atoms with Crippen LogP contribution in [0.1, 0.15) is 5.56 Å². The molecule has 0 saturated heterocycles. The highest BCUT2D eigenvalue weighted by atomic mass is 32.1. The molecule has 1 unspecified atom stereocenters. The highest BCUT2D eigenvalue weighted by Gasteiger charge is 2.28. The molecule has 27 heavy (non-hydrogen) atoms. The van der Waals surface area contributed by atoms with Crippen LogP contribution in [0.2, 0.25) is 0 Å². The van der Waals surface area contributed by atoms with Gasteiger partial charge in [0.05, 0.1) is 10.2 Å². The van der Waals surface area contributed by atoms with E-state index in [9.17, 15) is 4.79 Å². The molecule has 1 aliphatic heterocycles. The van der Waals surface area contributed by atoms with Crippen LogP contribution in [0, 0.1) is 0 Å². The number of hydrogen-bond donors (Lipinski definition) is 1. The van der Waals surface area contributed by atoms with Gasteiger partial charge in [-0.1, -0.05) is 30.3 Å². The van der Waals surface area contributed by atoms with Gasteiger partial charge in [0, 0.05) is 17.7 Å². The second-order valence-corrected chi connectivity index (χ2v) is 7.50. The number of hydrogen-bond acceptors (Lipinski definition) is 4. The molecule has 0 aliphatic carbocycles. The van der Waals surface area contributed by atoms with Crippen molar-refractivity contribution in [2.75, 3.05) is 5.32 Å². The predicted molar refractivity (Wildman–Crippen MR) is 108 cm³/mol. The number of rotatable bonds is 3. The average Bonchev–Trinajstić information content (AvgIpc) is 3.32. The predicted octanol–water partition coefficient (Wildman–Crippen LogP) is 4.91. The standard InChI is InChI=1S/C22H16N2O2S/c25-21(19-13-15-5-1-3-7-18(15)26-19)23-16-11-9-14(10-12-16)22-24-17-6-2-4-8-20(17)27-22/h1-12,19H,13H2,(H,23,25). The first kappa shape index (κ1) is 16.0. The van der Waals surface area contributed by atoms with Crippen molar-refractivity contribution < 1.29 is 9.53 Å². The number of fused-ring (bicyclic) bond motifs is 2. The fourth-order valence-electron chi connectivity index (χ4n) is 3.24. The van der Waals surface area contributed by atoms with Gasteiger partial charge < -0.3 is 10.1 Å². The molecule has 0 radical (unpaired) electrons. The summed E-state index contributed by atoms with van der Waals surface area (Å²) in [5.41, 5.74) is 3.87. The molecule has 1 aliphatic rings. The summed E-state index contributed by atoms with van der Waals surface area (Å²) in [6, 6.07) is 23.7. The van der Waals surface area contributed by atoms with E-state index < -0.39 is 6.10 Å². The van der Waals surface area contributed by atoms with Crippen LogP contribution in [-0.2, 0) is 11.2 Å². The molecular formula is C22H16N2O2S. The van der Waals surface area contributed by atoms with Crippen molar-refractivity contribution in [2.24, 2.45) is 0 Å². The Balaban J connectivity index is 1.30. The lowest BCUT2D eigenvalue weighted by Gasteiger charge is -2.11. The van der Waals surface area contributed by atoms with E-state index in [1.807, 2.05) is 66.7 Å². The normalized spacial score (nSPS) is 15.3. The molecule has 0 bridgehead atoms. The number of nitrogens with zero attached hydrogens (tertiary/aromatic N) is 1. The van der Waals surface area contributed by atoms with Gasteiger partial charge in [-0.15, -0.1) is 11.3 Å². The van der Waals surface area contributed by atoms with Crippen molar-refractivity contribution in [1.29, 1.82) is 0 Å². The molecule has 5 rings (SSSR count). The highest BCUT2D eigenvalue weighted by molar-refractivity contribution is 7.21. The van der Waals surface area contributed by atoms with Gasteiger partial charge >= 0.3 is 0 Å². The highest BCUT2D eigenvalue weighted by Crippen LogP contribution is 2.31. The average molecular weight is 372 g/mol. The summed E-state index contributed by atoms with van der Waals surface area (Å²) >= 11 is 1.67. The number of para-hydroxylation sites is 2. The van der Waals surface area contributed by atoms with E-state index in [1.165, 1.54) is 4.70 Å². The van der Waals surface area contributed by atoms with Crippen LogP contribution in [0.3, 0.4) is 0 Å². The minimum absolute atomic E-state index is 0.126. The van der Waals surface area contributed by atoms with Gasteiger partial charge in [0.1, 0.15) is 10.8 Å². The van der Waals surface area contributed by atoms with Gasteiger partial charge in [-0.2, -0.15) is 0 Å². The molecule has 5 heteroatoms. The van der Waals surface area contributed by atoms with Crippen molar-refractivity contribution in [3.05, 3.63) is 78.4 Å². The maximum atomic E-state index is 12.5. The maximum absolute atomic E-state index is 12.5. The number of aromatic nitrogens is 1. The fraction of sp³-hybridized carbons (Fsp3) is 0.0909. The Labute approximate surface area is 160 Å². The molecule has 0 fully saturated rings. The van der Waals surface area contributed by atoms with Gasteiger partial charge in [0.15, 0.2) is 6.10 Å². The summed E-state index contributed by atoms with van der Waals surface area (Å²) in [4.78, 5) is 17.2. The monoisotopic (exact) mass is 372 g/mol. The summed E-state index contributed by atoms with van der Waals surface area (Å²) in [6.45, 7) is 0. The van der Waals surface area contributed by atoms with Crippen molar-refractivity contribution >= 4 is 33.1 Å². The molecule has 132 valence electrons. The molecule has 0 spiro atoms. The van der Waals surface area contributed by atoms with E-state index in [0.29, 0.717) is 6.42 Å². The molecule has 1 N–H and O–H groups in total. The minimum atomic E-state index is -0.480. The molecule has 1 aromatic heterocycles. The van der Waals surface area contributed by atoms with Crippen molar-refractivity contribution in [2.45, 2.75) is 12.5 Å². The van der Waals surface area contributed by atoms with Crippen molar-refractivity contribution in [3.8, 4) is 16.3 Å². The van der Waals surface area contributed by atoms with Crippen LogP contribution in [0.5, 0.6) is 5.75 Å². The minimum Gasteiger partial charge on any atom is -0.480 e. The number of ether oxygens (including phenoxy) is 1. The van der Waals surface area contributed by atoms with Crippen molar-refractivity contribution in [1.82, 2.24) is 4.98 Å². The number of amides is 1.